The number of phenols is 1. The van der Waals surface area contributed by atoms with Gasteiger partial charge in [-0.15, -0.1) is 0 Å². The molecule has 6 heteroatoms. The van der Waals surface area contributed by atoms with E-state index in [1.807, 2.05) is 31.2 Å². The lowest BCUT2D eigenvalue weighted by Gasteiger charge is -2.17. The molecule has 0 aliphatic carbocycles. The largest absolute Gasteiger partial charge is 0.504 e. The second-order valence-corrected chi connectivity index (χ2v) is 8.06. The van der Waals surface area contributed by atoms with Gasteiger partial charge in [0.15, 0.2) is 16.7 Å². The zero-order chi connectivity index (χ0) is 20.3. The van der Waals surface area contributed by atoms with E-state index >= 15 is 0 Å². The van der Waals surface area contributed by atoms with Crippen molar-refractivity contribution in [2.75, 3.05) is 13.7 Å². The molecular weight excluding hydrogens is 372 g/mol. The van der Waals surface area contributed by atoms with Crippen LogP contribution in [0.15, 0.2) is 52.4 Å². The van der Waals surface area contributed by atoms with Crippen molar-refractivity contribution in [1.29, 1.82) is 0 Å². The monoisotopic (exact) mass is 396 g/mol. The molecule has 0 unspecified atom stereocenters. The molecule has 5 nitrogen and oxygen atoms in total. The van der Waals surface area contributed by atoms with Crippen molar-refractivity contribution in [3.8, 4) is 11.5 Å². The average Bonchev–Trinajstić information content (AvgIpc) is 2.93. The van der Waals surface area contributed by atoms with Gasteiger partial charge < -0.3 is 9.84 Å². The molecule has 0 saturated carbocycles. The number of amidine groups is 1. The van der Waals surface area contributed by atoms with Gasteiger partial charge in [-0.25, -0.2) is 4.99 Å². The van der Waals surface area contributed by atoms with Crippen LogP contribution >= 0.6 is 11.8 Å². The van der Waals surface area contributed by atoms with Gasteiger partial charge in [-0.3, -0.25) is 9.69 Å². The number of rotatable bonds is 5. The molecule has 1 amide bonds. The van der Waals surface area contributed by atoms with Crippen LogP contribution < -0.4 is 4.74 Å². The third-order valence-electron chi connectivity index (χ3n) is 4.23. The molecule has 0 radical (unpaired) electrons. The second-order valence-electron chi connectivity index (χ2n) is 7.05. The number of carbonyl (C=O) groups excluding carboxylic acids is 1. The van der Waals surface area contributed by atoms with Gasteiger partial charge in [0.05, 0.1) is 17.7 Å². The van der Waals surface area contributed by atoms with Crippen LogP contribution in [0, 0.1) is 12.8 Å². The van der Waals surface area contributed by atoms with Gasteiger partial charge in [0.2, 0.25) is 0 Å². The fourth-order valence-electron chi connectivity index (χ4n) is 2.81. The topological polar surface area (TPSA) is 62.1 Å². The molecule has 1 fully saturated rings. The van der Waals surface area contributed by atoms with Crippen LogP contribution in [0.5, 0.6) is 11.5 Å². The lowest BCUT2D eigenvalue weighted by atomic mass is 10.1. The molecule has 146 valence electrons. The van der Waals surface area contributed by atoms with E-state index in [0.717, 1.165) is 11.3 Å². The van der Waals surface area contributed by atoms with Crippen LogP contribution in [-0.2, 0) is 4.79 Å². The van der Waals surface area contributed by atoms with Crippen molar-refractivity contribution < 1.29 is 14.6 Å². The summed E-state index contributed by atoms with van der Waals surface area (Å²) in [6, 6.07) is 13.1. The first kappa shape index (κ1) is 20.0. The number of benzene rings is 2. The average molecular weight is 397 g/mol. The second kappa shape index (κ2) is 8.52. The molecule has 1 N–H and O–H groups in total. The smallest absolute Gasteiger partial charge is 0.266 e. The Morgan fingerprint density at radius 1 is 1.21 bits per heavy atom. The number of carbonyl (C=O) groups is 1. The predicted molar refractivity (Wildman–Crippen MR) is 115 cm³/mol. The summed E-state index contributed by atoms with van der Waals surface area (Å²) in [5.74, 6) is 0.590. The molecule has 28 heavy (non-hydrogen) atoms. The molecule has 0 spiro atoms. The minimum Gasteiger partial charge on any atom is -0.504 e. The first-order valence-electron chi connectivity index (χ1n) is 9.11. The molecule has 2 aromatic carbocycles. The predicted octanol–water partition coefficient (Wildman–Crippen LogP) is 4.97. The molecule has 3 rings (SSSR count). The van der Waals surface area contributed by atoms with Crippen molar-refractivity contribution in [2.45, 2.75) is 20.8 Å². The maximum absolute atomic E-state index is 13.0. The van der Waals surface area contributed by atoms with E-state index in [1.165, 1.54) is 18.9 Å². The number of methoxy groups -OCH3 is 1. The van der Waals surface area contributed by atoms with Crippen molar-refractivity contribution in [3.63, 3.8) is 0 Å². The van der Waals surface area contributed by atoms with E-state index in [1.54, 1.807) is 29.2 Å². The Morgan fingerprint density at radius 3 is 2.57 bits per heavy atom. The van der Waals surface area contributed by atoms with Crippen LogP contribution in [0.25, 0.3) is 6.08 Å². The summed E-state index contributed by atoms with van der Waals surface area (Å²) in [7, 11) is 1.50. The quantitative estimate of drug-likeness (QED) is 0.725. The Balaban J connectivity index is 1.98. The summed E-state index contributed by atoms with van der Waals surface area (Å²) in [6.45, 7) is 6.74. The van der Waals surface area contributed by atoms with E-state index in [9.17, 15) is 9.90 Å². The molecule has 0 bridgehead atoms. The van der Waals surface area contributed by atoms with Crippen LogP contribution in [0.3, 0.4) is 0 Å². The Morgan fingerprint density at radius 2 is 1.93 bits per heavy atom. The zero-order valence-electron chi connectivity index (χ0n) is 16.5. The van der Waals surface area contributed by atoms with Gasteiger partial charge >= 0.3 is 0 Å². The number of hydrogen-bond donors (Lipinski definition) is 1. The summed E-state index contributed by atoms with van der Waals surface area (Å²) in [5.41, 5.74) is 2.50. The van der Waals surface area contributed by atoms with Crippen LogP contribution in [0.1, 0.15) is 25.0 Å². The highest BCUT2D eigenvalue weighted by molar-refractivity contribution is 8.18. The summed E-state index contributed by atoms with van der Waals surface area (Å²) in [6.07, 6.45) is 1.69. The number of hydrogen-bond acceptors (Lipinski definition) is 5. The summed E-state index contributed by atoms with van der Waals surface area (Å²) in [4.78, 5) is 19.9. The molecule has 2 aromatic rings. The SMILES string of the molecule is COc1cccc(/C=C2/SC(=Nc3ccc(C)cc3)N(CC(C)C)C2=O)c1O. The maximum Gasteiger partial charge on any atom is 0.266 e. The van der Waals surface area contributed by atoms with Crippen molar-refractivity contribution >= 4 is 34.6 Å². The molecule has 0 atom stereocenters. The van der Waals surface area contributed by atoms with Gasteiger partial charge in [0, 0.05) is 12.1 Å². The van der Waals surface area contributed by atoms with Gasteiger partial charge in [-0.2, -0.15) is 0 Å². The van der Waals surface area contributed by atoms with Crippen LogP contribution in [-0.4, -0.2) is 34.7 Å². The first-order chi connectivity index (χ1) is 13.4. The lowest BCUT2D eigenvalue weighted by molar-refractivity contribution is -0.122. The van der Waals surface area contributed by atoms with E-state index in [0.29, 0.717) is 33.8 Å². The standard InChI is InChI=1S/C22H24N2O3S/c1-14(2)13-24-21(26)19(12-16-6-5-7-18(27-4)20(16)25)28-22(24)23-17-10-8-15(3)9-11-17/h5-12,14,25H,13H2,1-4H3/b19-12+,23-22?. The van der Waals surface area contributed by atoms with Crippen molar-refractivity contribution in [1.82, 2.24) is 4.90 Å². The number of para-hydroxylation sites is 1. The van der Waals surface area contributed by atoms with Crippen LogP contribution in [0.4, 0.5) is 5.69 Å². The number of aliphatic imine (C=N–C) groups is 1. The third kappa shape index (κ3) is 4.39. The highest BCUT2D eigenvalue weighted by Gasteiger charge is 2.34. The fraction of sp³-hybridized carbons (Fsp3) is 0.273. The Hall–Kier alpha value is -2.73. The number of ether oxygens (including phenoxy) is 1. The summed E-state index contributed by atoms with van der Waals surface area (Å²) in [5, 5.41) is 11.0. The Kier molecular flexibility index (Phi) is 6.09. The number of thioether (sulfide) groups is 1. The van der Waals surface area contributed by atoms with Gasteiger partial charge in [0.1, 0.15) is 0 Å². The highest BCUT2D eigenvalue weighted by Crippen LogP contribution is 2.37. The molecular formula is C22H24N2O3S. The van der Waals surface area contributed by atoms with Gasteiger partial charge in [-0.05, 0) is 48.9 Å². The Bertz CT molecular complexity index is 933. The van der Waals surface area contributed by atoms with Crippen LogP contribution in [0.2, 0.25) is 0 Å². The first-order valence-corrected chi connectivity index (χ1v) is 9.93. The summed E-state index contributed by atoms with van der Waals surface area (Å²) < 4.78 is 5.16. The molecule has 1 aliphatic heterocycles. The molecule has 0 aromatic heterocycles. The van der Waals surface area contributed by atoms with E-state index in [4.69, 9.17) is 4.74 Å². The number of phenolic OH excluding ortho intramolecular Hbond substituents is 1. The summed E-state index contributed by atoms with van der Waals surface area (Å²) >= 11 is 1.32. The third-order valence-corrected chi connectivity index (χ3v) is 5.24. The zero-order valence-corrected chi connectivity index (χ0v) is 17.3. The number of aryl methyl sites for hydroxylation is 1. The van der Waals surface area contributed by atoms with Crippen molar-refractivity contribution in [3.05, 3.63) is 58.5 Å². The van der Waals surface area contributed by atoms with E-state index in [-0.39, 0.29) is 11.7 Å². The van der Waals surface area contributed by atoms with E-state index < -0.39 is 0 Å². The van der Waals surface area contributed by atoms with Crippen molar-refractivity contribution in [2.24, 2.45) is 10.9 Å². The normalized spacial score (nSPS) is 17.2. The fourth-order valence-corrected chi connectivity index (χ4v) is 3.81. The number of nitrogens with zero attached hydrogens (tertiary/aromatic N) is 2. The number of aromatic hydroxyl groups is 1. The molecule has 1 saturated heterocycles. The maximum atomic E-state index is 13.0. The van der Waals surface area contributed by atoms with E-state index in [2.05, 4.69) is 18.8 Å². The lowest BCUT2D eigenvalue weighted by Crippen LogP contribution is -2.32. The minimum atomic E-state index is -0.105. The number of amides is 1. The highest BCUT2D eigenvalue weighted by atomic mass is 32.2. The van der Waals surface area contributed by atoms with Gasteiger partial charge in [-0.1, -0.05) is 43.7 Å². The molecule has 1 aliphatic rings. The Labute approximate surface area is 169 Å². The van der Waals surface area contributed by atoms with Gasteiger partial charge in [0.25, 0.3) is 5.91 Å². The molecule has 1 heterocycles. The minimum absolute atomic E-state index is 0.0187.